The molecule has 0 aliphatic carbocycles. The van der Waals surface area contributed by atoms with Crippen LogP contribution in [0.15, 0.2) is 65.6 Å². The molecule has 0 saturated carbocycles. The van der Waals surface area contributed by atoms with E-state index >= 15 is 0 Å². The molecular weight excluding hydrogens is 599 g/mol. The number of carbonyl (C=O) groups excluding carboxylic acids is 2. The summed E-state index contributed by atoms with van der Waals surface area (Å²) in [6.45, 7) is 2.27. The van der Waals surface area contributed by atoms with Crippen LogP contribution in [-0.4, -0.2) is 32.8 Å². The third kappa shape index (κ3) is 7.21. The average Bonchev–Trinajstić information content (AvgIpc) is 3.17. The van der Waals surface area contributed by atoms with Gasteiger partial charge in [0.05, 0.1) is 26.5 Å². The summed E-state index contributed by atoms with van der Waals surface area (Å²) < 4.78 is 11.7. The topological polar surface area (TPSA) is 123 Å². The van der Waals surface area contributed by atoms with Crippen molar-refractivity contribution in [3.63, 3.8) is 0 Å². The number of amides is 3. The fourth-order valence-electron chi connectivity index (χ4n) is 3.47. The van der Waals surface area contributed by atoms with E-state index in [0.717, 1.165) is 16.8 Å². The van der Waals surface area contributed by atoms with Gasteiger partial charge in [-0.25, -0.2) is 10.2 Å². The number of benzene rings is 3. The van der Waals surface area contributed by atoms with Gasteiger partial charge in [-0.2, -0.15) is 5.01 Å². The zero-order chi connectivity index (χ0) is 28.8. The Bertz CT molecular complexity index is 1530. The van der Waals surface area contributed by atoms with E-state index in [4.69, 9.17) is 44.9 Å². The Hall–Kier alpha value is -3.84. The number of halogens is 2. The number of hydrazine groups is 1. The number of urea groups is 1. The fourth-order valence-corrected chi connectivity index (χ4v) is 4.95. The zero-order valence-corrected chi connectivity index (χ0v) is 23.8. The number of thiocarbonyl (C=S) groups is 1. The smallest absolute Gasteiger partial charge is 0.338 e. The van der Waals surface area contributed by atoms with E-state index in [2.05, 4.69) is 10.7 Å². The van der Waals surface area contributed by atoms with E-state index in [1.807, 2.05) is 6.92 Å². The first-order valence-electron chi connectivity index (χ1n) is 11.6. The number of anilines is 1. The van der Waals surface area contributed by atoms with Crippen LogP contribution in [0.5, 0.6) is 11.5 Å². The molecule has 1 saturated heterocycles. The van der Waals surface area contributed by atoms with Gasteiger partial charge in [0.15, 0.2) is 15.8 Å². The Labute approximate surface area is 248 Å². The van der Waals surface area contributed by atoms with Gasteiger partial charge in [-0.05, 0) is 66.7 Å². The number of rotatable bonds is 9. The Morgan fingerprint density at radius 1 is 1.10 bits per heavy atom. The van der Waals surface area contributed by atoms with Crippen LogP contribution in [0.3, 0.4) is 0 Å². The monoisotopic (exact) mass is 618 g/mol. The maximum absolute atomic E-state index is 13.0. The van der Waals surface area contributed by atoms with Crippen LogP contribution in [0.4, 0.5) is 16.2 Å². The lowest BCUT2D eigenvalue weighted by molar-refractivity contribution is -0.384. The van der Waals surface area contributed by atoms with Crippen LogP contribution in [0.25, 0.3) is 6.08 Å². The SMILES string of the molecule is CCOc1cc(/C=C2/SC(=S)N(NC(=O)Nc3ccc(Cl)c(Cl)c3)C2=O)ccc1OCc1cccc([N+](=O)[O-])c1. The van der Waals surface area contributed by atoms with Crippen molar-refractivity contribution in [1.29, 1.82) is 0 Å². The average molecular weight is 620 g/mol. The third-order valence-electron chi connectivity index (χ3n) is 5.27. The lowest BCUT2D eigenvalue weighted by atomic mass is 10.1. The summed E-state index contributed by atoms with van der Waals surface area (Å²) in [5.74, 6) is 0.346. The molecule has 14 heteroatoms. The van der Waals surface area contributed by atoms with Crippen molar-refractivity contribution in [3.05, 3.63) is 96.9 Å². The van der Waals surface area contributed by atoms with E-state index in [1.54, 1.807) is 42.5 Å². The van der Waals surface area contributed by atoms with Gasteiger partial charge in [0.2, 0.25) is 0 Å². The molecule has 206 valence electrons. The van der Waals surface area contributed by atoms with Crippen LogP contribution in [0.1, 0.15) is 18.1 Å². The van der Waals surface area contributed by atoms with Crippen LogP contribution < -0.4 is 20.2 Å². The highest BCUT2D eigenvalue weighted by molar-refractivity contribution is 8.26. The molecule has 3 aromatic rings. The van der Waals surface area contributed by atoms with Crippen molar-refractivity contribution >= 4 is 80.9 Å². The molecule has 10 nitrogen and oxygen atoms in total. The molecular formula is C26H20Cl2N4O6S2. The number of nitrogens with one attached hydrogen (secondary N) is 2. The minimum Gasteiger partial charge on any atom is -0.490 e. The summed E-state index contributed by atoms with van der Waals surface area (Å²) in [7, 11) is 0. The summed E-state index contributed by atoms with van der Waals surface area (Å²) in [6.07, 6.45) is 1.62. The summed E-state index contributed by atoms with van der Waals surface area (Å²) in [5, 5.41) is 15.2. The Morgan fingerprint density at radius 2 is 1.90 bits per heavy atom. The first-order chi connectivity index (χ1) is 19.1. The molecule has 0 aromatic heterocycles. The number of nitro groups is 1. The first-order valence-corrected chi connectivity index (χ1v) is 13.6. The van der Waals surface area contributed by atoms with Crippen LogP contribution in [0, 0.1) is 10.1 Å². The quantitative estimate of drug-likeness (QED) is 0.116. The molecule has 4 rings (SSSR count). The van der Waals surface area contributed by atoms with E-state index in [9.17, 15) is 19.7 Å². The largest absolute Gasteiger partial charge is 0.490 e. The highest BCUT2D eigenvalue weighted by Crippen LogP contribution is 2.35. The number of carbonyl (C=O) groups is 2. The molecule has 1 aliphatic rings. The molecule has 0 bridgehead atoms. The summed E-state index contributed by atoms with van der Waals surface area (Å²) >= 11 is 18.2. The van der Waals surface area contributed by atoms with Gasteiger partial charge in [0.1, 0.15) is 6.61 Å². The van der Waals surface area contributed by atoms with Gasteiger partial charge in [-0.3, -0.25) is 14.9 Å². The van der Waals surface area contributed by atoms with Crippen LogP contribution >= 0.6 is 47.2 Å². The number of nitro benzene ring substituents is 1. The molecule has 3 aromatic carbocycles. The molecule has 0 atom stereocenters. The molecule has 1 heterocycles. The second-order valence-corrected chi connectivity index (χ2v) is 10.6. The van der Waals surface area contributed by atoms with Crippen molar-refractivity contribution in [2.75, 3.05) is 11.9 Å². The highest BCUT2D eigenvalue weighted by atomic mass is 35.5. The predicted octanol–water partition coefficient (Wildman–Crippen LogP) is 6.82. The third-order valence-corrected chi connectivity index (χ3v) is 7.31. The number of hydrogen-bond donors (Lipinski definition) is 2. The predicted molar refractivity (Wildman–Crippen MR) is 159 cm³/mol. The van der Waals surface area contributed by atoms with Gasteiger partial charge in [0.25, 0.3) is 11.6 Å². The van der Waals surface area contributed by atoms with Crippen LogP contribution in [-0.2, 0) is 11.4 Å². The summed E-state index contributed by atoms with van der Waals surface area (Å²) in [4.78, 5) is 36.3. The number of ether oxygens (including phenoxy) is 2. The van der Waals surface area contributed by atoms with Gasteiger partial charge >= 0.3 is 6.03 Å². The zero-order valence-electron chi connectivity index (χ0n) is 20.7. The standard InChI is InChI=1S/C26H20Cl2N4O6S2/c1-2-37-22-11-15(6-9-21(22)38-14-16-4-3-5-18(10-16)32(35)36)12-23-24(33)31(26(39)40-23)30-25(34)29-17-7-8-19(27)20(28)13-17/h3-13H,2,14H2,1H3,(H2,29,30,34)/b23-12+. The van der Waals surface area contributed by atoms with Crippen molar-refractivity contribution in [3.8, 4) is 11.5 Å². The lowest BCUT2D eigenvalue weighted by Crippen LogP contribution is -2.46. The maximum Gasteiger partial charge on any atom is 0.338 e. The molecule has 3 amide bonds. The molecule has 1 fully saturated rings. The fraction of sp³-hybridized carbons (Fsp3) is 0.115. The second kappa shape index (κ2) is 13.0. The maximum atomic E-state index is 13.0. The highest BCUT2D eigenvalue weighted by Gasteiger charge is 2.33. The van der Waals surface area contributed by atoms with Gasteiger partial charge < -0.3 is 14.8 Å². The van der Waals surface area contributed by atoms with E-state index in [-0.39, 0.29) is 26.5 Å². The molecule has 2 N–H and O–H groups in total. The van der Waals surface area contributed by atoms with Crippen molar-refractivity contribution in [2.45, 2.75) is 13.5 Å². The van der Waals surface area contributed by atoms with Gasteiger partial charge in [-0.1, -0.05) is 53.2 Å². The Balaban J connectivity index is 1.44. The Morgan fingerprint density at radius 3 is 2.62 bits per heavy atom. The van der Waals surface area contributed by atoms with Crippen molar-refractivity contribution < 1.29 is 24.0 Å². The number of non-ortho nitro benzene ring substituents is 1. The molecule has 0 radical (unpaired) electrons. The molecule has 0 spiro atoms. The molecule has 0 unspecified atom stereocenters. The lowest BCUT2D eigenvalue weighted by Gasteiger charge is -2.16. The minimum absolute atomic E-state index is 0.0276. The summed E-state index contributed by atoms with van der Waals surface area (Å²) in [5.41, 5.74) is 4.04. The van der Waals surface area contributed by atoms with Crippen LogP contribution in [0.2, 0.25) is 10.0 Å². The second-order valence-electron chi connectivity index (χ2n) is 8.07. The number of hydrogen-bond acceptors (Lipinski definition) is 8. The van der Waals surface area contributed by atoms with Crippen molar-refractivity contribution in [1.82, 2.24) is 10.4 Å². The van der Waals surface area contributed by atoms with E-state index in [0.29, 0.717) is 39.9 Å². The summed E-state index contributed by atoms with van der Waals surface area (Å²) in [6, 6.07) is 15.1. The molecule has 1 aliphatic heterocycles. The molecule has 40 heavy (non-hydrogen) atoms. The van der Waals surface area contributed by atoms with E-state index < -0.39 is 16.9 Å². The Kier molecular flexibility index (Phi) is 9.48. The van der Waals surface area contributed by atoms with E-state index in [1.165, 1.54) is 24.3 Å². The first kappa shape index (κ1) is 29.2. The van der Waals surface area contributed by atoms with Gasteiger partial charge in [-0.15, -0.1) is 0 Å². The van der Waals surface area contributed by atoms with Crippen molar-refractivity contribution in [2.24, 2.45) is 0 Å². The minimum atomic E-state index is -0.695. The van der Waals surface area contributed by atoms with Gasteiger partial charge in [0, 0.05) is 17.8 Å². The number of nitrogens with zero attached hydrogens (tertiary/aromatic N) is 2. The normalized spacial score (nSPS) is 13.9. The number of thioether (sulfide) groups is 1.